The molecule has 1 aliphatic carbocycles. The van der Waals surface area contributed by atoms with Gasteiger partial charge in [0.05, 0.1) is 27.8 Å². The standard InChI is InChI=1S/C59H40N4/c1-5-19-40(20-6-1)53-39-54(41-21-7-2-8-22-41)61-58(60-53)62-55-38-44(59(43-23-9-3-10-24-43)51-30-16-13-27-47(51)48-28-14-17-31-52(48)59)34-35-46(55)42-33-36-57-50(37-42)49-29-15-18-32-56(49)63(57)45-25-11-4-12-26-45/h1-39H,(H,60,61,62). The smallest absolute Gasteiger partial charge is 0.228 e. The number of anilines is 2. The fraction of sp³-hybridized carbons (Fsp3) is 0.0169. The van der Waals surface area contributed by atoms with Gasteiger partial charge in [0.25, 0.3) is 0 Å². The number of nitrogens with zero attached hydrogens (tertiary/aromatic N) is 3. The first-order valence-electron chi connectivity index (χ1n) is 21.5. The lowest BCUT2D eigenvalue weighted by Gasteiger charge is -2.34. The Labute approximate surface area is 366 Å². The minimum Gasteiger partial charge on any atom is -0.324 e. The number of fused-ring (bicyclic) bond motifs is 6. The van der Waals surface area contributed by atoms with E-state index in [1.807, 2.05) is 12.1 Å². The van der Waals surface area contributed by atoms with Crippen molar-refractivity contribution >= 4 is 33.4 Å². The number of nitrogens with one attached hydrogen (secondary N) is 1. The minimum atomic E-state index is -0.585. The molecule has 9 aromatic carbocycles. The summed E-state index contributed by atoms with van der Waals surface area (Å²) in [4.78, 5) is 10.5. The van der Waals surface area contributed by atoms with Gasteiger partial charge in [-0.3, -0.25) is 0 Å². The molecule has 4 nitrogen and oxygen atoms in total. The first-order valence-corrected chi connectivity index (χ1v) is 21.5. The van der Waals surface area contributed by atoms with Gasteiger partial charge in [0.2, 0.25) is 5.95 Å². The maximum atomic E-state index is 5.24. The first kappa shape index (κ1) is 36.5. The van der Waals surface area contributed by atoms with Gasteiger partial charge in [-0.1, -0.05) is 194 Å². The molecule has 0 unspecified atom stereocenters. The van der Waals surface area contributed by atoms with Crippen molar-refractivity contribution in [3.05, 3.63) is 259 Å². The van der Waals surface area contributed by atoms with Crippen molar-refractivity contribution in [2.24, 2.45) is 0 Å². The highest BCUT2D eigenvalue weighted by molar-refractivity contribution is 6.11. The van der Waals surface area contributed by atoms with Crippen molar-refractivity contribution in [2.45, 2.75) is 5.41 Å². The third kappa shape index (κ3) is 5.99. The van der Waals surface area contributed by atoms with E-state index in [4.69, 9.17) is 9.97 Å². The first-order chi connectivity index (χ1) is 31.2. The highest BCUT2D eigenvalue weighted by Gasteiger charge is 2.46. The van der Waals surface area contributed by atoms with E-state index < -0.39 is 5.41 Å². The molecule has 0 bridgehead atoms. The molecule has 12 rings (SSSR count). The van der Waals surface area contributed by atoms with Crippen LogP contribution in [0.1, 0.15) is 22.3 Å². The molecule has 1 aliphatic rings. The molecule has 296 valence electrons. The van der Waals surface area contributed by atoms with Crippen LogP contribution >= 0.6 is 0 Å². The van der Waals surface area contributed by atoms with Gasteiger partial charge in [-0.25, -0.2) is 9.97 Å². The zero-order valence-electron chi connectivity index (χ0n) is 34.4. The molecular formula is C59H40N4. The molecule has 2 heterocycles. The summed E-state index contributed by atoms with van der Waals surface area (Å²) in [6, 6.07) is 84.7. The van der Waals surface area contributed by atoms with E-state index in [9.17, 15) is 0 Å². The molecule has 0 saturated heterocycles. The van der Waals surface area contributed by atoms with Crippen molar-refractivity contribution in [3.63, 3.8) is 0 Å². The van der Waals surface area contributed by atoms with Crippen LogP contribution in [-0.2, 0) is 5.41 Å². The maximum Gasteiger partial charge on any atom is 0.228 e. The topological polar surface area (TPSA) is 42.7 Å². The fourth-order valence-corrected chi connectivity index (χ4v) is 9.98. The Morgan fingerprint density at radius 2 is 0.905 bits per heavy atom. The second-order valence-electron chi connectivity index (χ2n) is 16.2. The quantitative estimate of drug-likeness (QED) is 0.166. The number of para-hydroxylation sites is 2. The van der Waals surface area contributed by atoms with Crippen LogP contribution in [0.4, 0.5) is 11.6 Å². The molecule has 2 aromatic heterocycles. The fourth-order valence-electron chi connectivity index (χ4n) is 9.98. The molecule has 0 atom stereocenters. The second kappa shape index (κ2) is 15.0. The minimum absolute atomic E-state index is 0.524. The van der Waals surface area contributed by atoms with E-state index in [1.165, 1.54) is 44.1 Å². The van der Waals surface area contributed by atoms with E-state index in [2.05, 4.69) is 234 Å². The average Bonchev–Trinajstić information content (AvgIpc) is 3.85. The molecule has 0 spiro atoms. The molecule has 0 fully saturated rings. The van der Waals surface area contributed by atoms with Gasteiger partial charge < -0.3 is 9.88 Å². The van der Waals surface area contributed by atoms with Crippen LogP contribution in [0.3, 0.4) is 0 Å². The maximum absolute atomic E-state index is 5.24. The van der Waals surface area contributed by atoms with Crippen LogP contribution in [0, 0.1) is 0 Å². The van der Waals surface area contributed by atoms with Crippen LogP contribution in [0.25, 0.3) is 72.3 Å². The number of rotatable bonds is 8. The highest BCUT2D eigenvalue weighted by atomic mass is 15.1. The summed E-state index contributed by atoms with van der Waals surface area (Å²) >= 11 is 0. The molecule has 4 heteroatoms. The molecule has 0 radical (unpaired) electrons. The van der Waals surface area contributed by atoms with Gasteiger partial charge >= 0.3 is 0 Å². The lowest BCUT2D eigenvalue weighted by molar-refractivity contribution is 0.769. The summed E-state index contributed by atoms with van der Waals surface area (Å²) in [5.74, 6) is 0.524. The Morgan fingerprint density at radius 1 is 0.365 bits per heavy atom. The number of aromatic nitrogens is 3. The van der Waals surface area contributed by atoms with E-state index >= 15 is 0 Å². The Hall–Kier alpha value is -8.34. The van der Waals surface area contributed by atoms with Crippen molar-refractivity contribution in [1.29, 1.82) is 0 Å². The van der Waals surface area contributed by atoms with Crippen LogP contribution < -0.4 is 5.32 Å². The summed E-state index contributed by atoms with van der Waals surface area (Å²) in [7, 11) is 0. The summed E-state index contributed by atoms with van der Waals surface area (Å²) in [6.07, 6.45) is 0. The van der Waals surface area contributed by atoms with E-state index in [0.717, 1.165) is 56.1 Å². The Balaban J connectivity index is 1.11. The van der Waals surface area contributed by atoms with Crippen molar-refractivity contribution < 1.29 is 0 Å². The van der Waals surface area contributed by atoms with E-state index in [1.54, 1.807) is 0 Å². The molecule has 0 aliphatic heterocycles. The molecule has 11 aromatic rings. The number of hydrogen-bond acceptors (Lipinski definition) is 3. The van der Waals surface area contributed by atoms with Crippen LogP contribution in [0.2, 0.25) is 0 Å². The Kier molecular flexibility index (Phi) is 8.68. The van der Waals surface area contributed by atoms with Crippen molar-refractivity contribution in [2.75, 3.05) is 5.32 Å². The monoisotopic (exact) mass is 804 g/mol. The largest absolute Gasteiger partial charge is 0.324 e. The zero-order valence-corrected chi connectivity index (χ0v) is 34.4. The average molecular weight is 805 g/mol. The molecule has 0 amide bonds. The summed E-state index contributed by atoms with van der Waals surface area (Å²) < 4.78 is 2.36. The third-order valence-electron chi connectivity index (χ3n) is 12.7. The molecule has 63 heavy (non-hydrogen) atoms. The predicted molar refractivity (Wildman–Crippen MR) is 260 cm³/mol. The normalized spacial score (nSPS) is 12.6. The highest BCUT2D eigenvalue weighted by Crippen LogP contribution is 2.56. The van der Waals surface area contributed by atoms with Crippen molar-refractivity contribution in [1.82, 2.24) is 14.5 Å². The van der Waals surface area contributed by atoms with E-state index in [-0.39, 0.29) is 0 Å². The van der Waals surface area contributed by atoms with Crippen molar-refractivity contribution in [3.8, 4) is 50.5 Å². The van der Waals surface area contributed by atoms with Crippen LogP contribution in [0.15, 0.2) is 237 Å². The third-order valence-corrected chi connectivity index (χ3v) is 12.7. The van der Waals surface area contributed by atoms with Gasteiger partial charge in [0.15, 0.2) is 0 Å². The predicted octanol–water partition coefficient (Wildman–Crippen LogP) is 14.7. The summed E-state index contributed by atoms with van der Waals surface area (Å²) in [5, 5.41) is 6.26. The summed E-state index contributed by atoms with van der Waals surface area (Å²) in [6.45, 7) is 0. The molecular weight excluding hydrogens is 765 g/mol. The SMILES string of the molecule is c1ccc(-c2cc(-c3ccccc3)nc(Nc3cc(C4(c5ccccc5)c5ccccc5-c5ccccc54)ccc3-c3ccc4c(c3)c3ccccc3n4-c3ccccc3)n2)cc1. The van der Waals surface area contributed by atoms with Gasteiger partial charge in [0.1, 0.15) is 0 Å². The lowest BCUT2D eigenvalue weighted by Crippen LogP contribution is -2.28. The van der Waals surface area contributed by atoms with E-state index in [0.29, 0.717) is 5.95 Å². The Morgan fingerprint density at radius 3 is 1.56 bits per heavy atom. The van der Waals surface area contributed by atoms with Crippen LogP contribution in [0.5, 0.6) is 0 Å². The lowest BCUT2D eigenvalue weighted by atomic mass is 9.67. The second-order valence-corrected chi connectivity index (χ2v) is 16.2. The zero-order chi connectivity index (χ0) is 41.7. The molecule has 1 N–H and O–H groups in total. The van der Waals surface area contributed by atoms with Gasteiger partial charge in [0, 0.05) is 38.8 Å². The van der Waals surface area contributed by atoms with Crippen LogP contribution in [-0.4, -0.2) is 14.5 Å². The number of benzene rings is 9. The molecule has 0 saturated carbocycles. The Bertz CT molecular complexity index is 3360. The van der Waals surface area contributed by atoms with Gasteiger partial charge in [-0.15, -0.1) is 0 Å². The van der Waals surface area contributed by atoms with Gasteiger partial charge in [-0.05, 0) is 81.4 Å². The van der Waals surface area contributed by atoms with Gasteiger partial charge in [-0.2, -0.15) is 0 Å². The summed E-state index contributed by atoms with van der Waals surface area (Å²) in [5.41, 5.74) is 17.1. The number of hydrogen-bond donors (Lipinski definition) is 1.